The van der Waals surface area contributed by atoms with Crippen LogP contribution < -0.4 is 15.8 Å². The van der Waals surface area contributed by atoms with E-state index in [4.69, 9.17) is 10.5 Å². The maximum absolute atomic E-state index is 13.8. The molecule has 0 aliphatic carbocycles. The molecule has 0 aliphatic heterocycles. The molecule has 0 aliphatic rings. The molecule has 0 radical (unpaired) electrons. The Morgan fingerprint density at radius 2 is 1.83 bits per heavy atom. The molecule has 4 nitrogen and oxygen atoms in total. The van der Waals surface area contributed by atoms with Gasteiger partial charge in [-0.15, -0.1) is 12.4 Å². The molecule has 3 aromatic rings. The van der Waals surface area contributed by atoms with Crippen molar-refractivity contribution in [3.05, 3.63) is 78.2 Å². The molecule has 0 spiro atoms. The van der Waals surface area contributed by atoms with Gasteiger partial charge in [-0.1, -0.05) is 30.3 Å². The van der Waals surface area contributed by atoms with Gasteiger partial charge in [0.2, 0.25) is 0 Å². The van der Waals surface area contributed by atoms with Gasteiger partial charge in [0, 0.05) is 30.6 Å². The Morgan fingerprint density at radius 1 is 1.04 bits per heavy atom. The Balaban J connectivity index is 0.00000208. The second-order valence-electron chi connectivity index (χ2n) is 5.01. The summed E-state index contributed by atoms with van der Waals surface area (Å²) in [5.74, 6) is 0.779. The van der Waals surface area contributed by atoms with Crippen LogP contribution in [0.1, 0.15) is 5.56 Å². The SMILES string of the molecule is Cl.Nc1ccc(Oc2ccnc(NCc3ccccc3)c2)c(F)c1. The van der Waals surface area contributed by atoms with Crippen molar-refractivity contribution in [1.82, 2.24) is 4.98 Å². The molecule has 0 atom stereocenters. The zero-order valence-corrected chi connectivity index (χ0v) is 13.6. The lowest BCUT2D eigenvalue weighted by Crippen LogP contribution is -2.01. The van der Waals surface area contributed by atoms with Gasteiger partial charge in [-0.3, -0.25) is 0 Å². The number of hydrogen-bond donors (Lipinski definition) is 2. The monoisotopic (exact) mass is 345 g/mol. The summed E-state index contributed by atoms with van der Waals surface area (Å²) in [6, 6.07) is 17.7. The van der Waals surface area contributed by atoms with Crippen molar-refractivity contribution < 1.29 is 9.13 Å². The summed E-state index contributed by atoms with van der Waals surface area (Å²) < 4.78 is 19.3. The van der Waals surface area contributed by atoms with Crippen LogP contribution in [0.2, 0.25) is 0 Å². The third-order valence-electron chi connectivity index (χ3n) is 3.23. The fraction of sp³-hybridized carbons (Fsp3) is 0.0556. The largest absolute Gasteiger partial charge is 0.454 e. The maximum Gasteiger partial charge on any atom is 0.167 e. The third kappa shape index (κ3) is 4.60. The first kappa shape index (κ1) is 17.6. The summed E-state index contributed by atoms with van der Waals surface area (Å²) in [6.45, 7) is 0.646. The first-order valence-electron chi connectivity index (χ1n) is 7.17. The predicted octanol–water partition coefficient (Wildman–Crippen LogP) is 4.63. The maximum atomic E-state index is 13.8. The third-order valence-corrected chi connectivity index (χ3v) is 3.23. The molecule has 0 saturated heterocycles. The highest BCUT2D eigenvalue weighted by molar-refractivity contribution is 5.85. The lowest BCUT2D eigenvalue weighted by Gasteiger charge is -2.10. The van der Waals surface area contributed by atoms with E-state index >= 15 is 0 Å². The van der Waals surface area contributed by atoms with E-state index in [-0.39, 0.29) is 18.2 Å². The van der Waals surface area contributed by atoms with Crippen LogP contribution in [0.15, 0.2) is 66.9 Å². The zero-order valence-electron chi connectivity index (χ0n) is 12.8. The number of benzene rings is 2. The summed E-state index contributed by atoms with van der Waals surface area (Å²) in [5, 5.41) is 3.21. The molecule has 1 heterocycles. The molecular weight excluding hydrogens is 329 g/mol. The molecule has 3 rings (SSSR count). The second kappa shape index (κ2) is 8.17. The Labute approximate surface area is 145 Å². The summed E-state index contributed by atoms with van der Waals surface area (Å²) >= 11 is 0. The minimum absolute atomic E-state index is 0. The normalized spacial score (nSPS) is 9.88. The summed E-state index contributed by atoms with van der Waals surface area (Å²) in [4.78, 5) is 4.23. The number of nitrogens with one attached hydrogen (secondary N) is 1. The van der Waals surface area contributed by atoms with E-state index in [2.05, 4.69) is 10.3 Å². The van der Waals surface area contributed by atoms with Crippen molar-refractivity contribution in [2.75, 3.05) is 11.1 Å². The summed E-state index contributed by atoms with van der Waals surface area (Å²) in [6.07, 6.45) is 1.61. The van der Waals surface area contributed by atoms with Crippen LogP contribution in [0.4, 0.5) is 15.9 Å². The topological polar surface area (TPSA) is 60.2 Å². The van der Waals surface area contributed by atoms with Crippen LogP contribution in [-0.2, 0) is 6.54 Å². The first-order valence-corrected chi connectivity index (χ1v) is 7.17. The first-order chi connectivity index (χ1) is 11.2. The highest BCUT2D eigenvalue weighted by Gasteiger charge is 2.06. The molecule has 1 aromatic heterocycles. The summed E-state index contributed by atoms with van der Waals surface area (Å²) in [7, 11) is 0. The zero-order chi connectivity index (χ0) is 16.1. The molecule has 124 valence electrons. The summed E-state index contributed by atoms with van der Waals surface area (Å²) in [5.41, 5.74) is 7.02. The number of nitrogens with two attached hydrogens (primary N) is 1. The number of nitrogens with zero attached hydrogens (tertiary/aromatic N) is 1. The molecule has 0 unspecified atom stereocenters. The average Bonchev–Trinajstić information content (AvgIpc) is 2.57. The Hall–Kier alpha value is -2.79. The Morgan fingerprint density at radius 3 is 2.58 bits per heavy atom. The molecular formula is C18H17ClFN3O. The van der Waals surface area contributed by atoms with E-state index in [9.17, 15) is 4.39 Å². The van der Waals surface area contributed by atoms with Crippen molar-refractivity contribution in [3.8, 4) is 11.5 Å². The van der Waals surface area contributed by atoms with Crippen LogP contribution in [0, 0.1) is 5.82 Å². The lowest BCUT2D eigenvalue weighted by atomic mass is 10.2. The van der Waals surface area contributed by atoms with E-state index in [0.29, 0.717) is 23.8 Å². The fourth-order valence-electron chi connectivity index (χ4n) is 2.09. The smallest absolute Gasteiger partial charge is 0.167 e. The number of aromatic nitrogens is 1. The van der Waals surface area contributed by atoms with Crippen molar-refractivity contribution in [1.29, 1.82) is 0 Å². The molecule has 6 heteroatoms. The van der Waals surface area contributed by atoms with Crippen LogP contribution in [0.3, 0.4) is 0 Å². The Bertz CT molecular complexity index is 799. The molecule has 24 heavy (non-hydrogen) atoms. The van der Waals surface area contributed by atoms with Crippen LogP contribution in [0.25, 0.3) is 0 Å². The van der Waals surface area contributed by atoms with Gasteiger partial charge in [-0.25, -0.2) is 9.37 Å². The van der Waals surface area contributed by atoms with E-state index in [1.54, 1.807) is 24.4 Å². The lowest BCUT2D eigenvalue weighted by molar-refractivity contribution is 0.442. The molecule has 2 aromatic carbocycles. The van der Waals surface area contributed by atoms with Gasteiger partial charge in [0.1, 0.15) is 11.6 Å². The van der Waals surface area contributed by atoms with Crippen molar-refractivity contribution in [3.63, 3.8) is 0 Å². The highest BCUT2D eigenvalue weighted by Crippen LogP contribution is 2.26. The van der Waals surface area contributed by atoms with Gasteiger partial charge in [0.15, 0.2) is 11.6 Å². The van der Waals surface area contributed by atoms with Crippen molar-refractivity contribution in [2.24, 2.45) is 0 Å². The highest BCUT2D eigenvalue weighted by atomic mass is 35.5. The fourth-order valence-corrected chi connectivity index (χ4v) is 2.09. The number of nitrogen functional groups attached to an aromatic ring is 1. The number of halogens is 2. The quantitative estimate of drug-likeness (QED) is 0.662. The van der Waals surface area contributed by atoms with Gasteiger partial charge in [0.05, 0.1) is 0 Å². The van der Waals surface area contributed by atoms with Gasteiger partial charge in [-0.05, 0) is 23.8 Å². The van der Waals surface area contributed by atoms with Crippen LogP contribution in [0.5, 0.6) is 11.5 Å². The van der Waals surface area contributed by atoms with Gasteiger partial charge < -0.3 is 15.8 Å². The number of pyridine rings is 1. The van der Waals surface area contributed by atoms with E-state index in [1.807, 2.05) is 30.3 Å². The number of ether oxygens (including phenoxy) is 1. The van der Waals surface area contributed by atoms with Crippen molar-refractivity contribution >= 4 is 23.9 Å². The molecule has 0 fully saturated rings. The minimum atomic E-state index is -0.499. The molecule has 0 amide bonds. The number of anilines is 2. The minimum Gasteiger partial charge on any atom is -0.454 e. The predicted molar refractivity (Wildman–Crippen MR) is 96.1 cm³/mol. The average molecular weight is 346 g/mol. The van der Waals surface area contributed by atoms with Gasteiger partial charge in [0.25, 0.3) is 0 Å². The van der Waals surface area contributed by atoms with Crippen LogP contribution in [-0.4, -0.2) is 4.98 Å². The van der Waals surface area contributed by atoms with E-state index in [0.717, 1.165) is 5.56 Å². The van der Waals surface area contributed by atoms with E-state index < -0.39 is 5.82 Å². The molecule has 3 N–H and O–H groups in total. The Kier molecular flexibility index (Phi) is 5.98. The number of hydrogen-bond acceptors (Lipinski definition) is 4. The standard InChI is InChI=1S/C18H16FN3O.ClH/c19-16-10-14(20)6-7-17(16)23-15-8-9-21-18(11-15)22-12-13-4-2-1-3-5-13;/h1-11H,12,20H2,(H,21,22);1H. The van der Waals surface area contributed by atoms with Gasteiger partial charge >= 0.3 is 0 Å². The number of rotatable bonds is 5. The molecule has 0 bridgehead atoms. The second-order valence-corrected chi connectivity index (χ2v) is 5.01. The van der Waals surface area contributed by atoms with E-state index in [1.165, 1.54) is 12.1 Å². The van der Waals surface area contributed by atoms with Gasteiger partial charge in [-0.2, -0.15) is 0 Å². The van der Waals surface area contributed by atoms with Crippen LogP contribution >= 0.6 is 12.4 Å². The van der Waals surface area contributed by atoms with Crippen molar-refractivity contribution in [2.45, 2.75) is 6.54 Å². The molecule has 0 saturated carbocycles.